The molecule has 3 aliphatic rings. The highest BCUT2D eigenvalue weighted by molar-refractivity contribution is 6.24. The van der Waals surface area contributed by atoms with Crippen LogP contribution in [-0.2, 0) is 14.4 Å². The van der Waals surface area contributed by atoms with Gasteiger partial charge in [-0.2, -0.15) is 0 Å². The van der Waals surface area contributed by atoms with Gasteiger partial charge in [0.05, 0.1) is 29.2 Å². The predicted molar refractivity (Wildman–Crippen MR) is 144 cm³/mol. The molecule has 4 rings (SSSR count). The van der Waals surface area contributed by atoms with E-state index >= 15 is 0 Å². The van der Waals surface area contributed by atoms with Crippen molar-refractivity contribution >= 4 is 23.2 Å². The normalized spacial score (nSPS) is 30.3. The van der Waals surface area contributed by atoms with Gasteiger partial charge in [0.25, 0.3) is 5.91 Å². The zero-order chi connectivity index (χ0) is 30.9. The summed E-state index contributed by atoms with van der Waals surface area (Å²) in [6.07, 6.45) is -1.14. The minimum atomic E-state index is -3.03. The first-order chi connectivity index (χ1) is 19.0. The number of carbonyl (C=O) groups is 3. The van der Waals surface area contributed by atoms with Crippen LogP contribution in [0.3, 0.4) is 0 Å². The van der Waals surface area contributed by atoms with E-state index in [1.807, 2.05) is 13.8 Å². The third kappa shape index (κ3) is 4.21. The number of nitrogens with zero attached hydrogens (tertiary/aromatic N) is 2. The molecule has 1 unspecified atom stereocenters. The van der Waals surface area contributed by atoms with E-state index in [9.17, 15) is 50.0 Å². The van der Waals surface area contributed by atoms with Gasteiger partial charge in [0.2, 0.25) is 11.8 Å². The molecule has 1 fully saturated rings. The molecule has 0 radical (unpaired) electrons. The Morgan fingerprint density at radius 2 is 1.78 bits per heavy atom. The summed E-state index contributed by atoms with van der Waals surface area (Å²) >= 11 is 0. The molecule has 41 heavy (non-hydrogen) atoms. The van der Waals surface area contributed by atoms with Gasteiger partial charge >= 0.3 is 0 Å². The van der Waals surface area contributed by atoms with E-state index in [0.29, 0.717) is 6.42 Å². The number of phenols is 1. The molecule has 1 saturated carbocycles. The topological polar surface area (TPSA) is 225 Å². The molecule has 7 atom stereocenters. The molecule has 0 aliphatic heterocycles. The van der Waals surface area contributed by atoms with Crippen molar-refractivity contribution in [2.24, 2.45) is 23.5 Å². The number of hydrogen-bond acceptors (Lipinski definition) is 11. The van der Waals surface area contributed by atoms with Crippen molar-refractivity contribution in [2.75, 3.05) is 14.1 Å². The maximum absolute atomic E-state index is 14.1. The monoisotopic (exact) mass is 573 g/mol. The van der Waals surface area contributed by atoms with Crippen molar-refractivity contribution in [2.45, 2.75) is 63.3 Å². The summed E-state index contributed by atoms with van der Waals surface area (Å²) in [5.74, 6) is -10.0. The quantitative estimate of drug-likeness (QED) is 0.155. The lowest BCUT2D eigenvalue weighted by molar-refractivity contribution is -0.530. The van der Waals surface area contributed by atoms with Crippen LogP contribution < -0.4 is 5.73 Å². The summed E-state index contributed by atoms with van der Waals surface area (Å²) in [5.41, 5.74) is 0.662. The van der Waals surface area contributed by atoms with Crippen molar-refractivity contribution in [3.63, 3.8) is 0 Å². The van der Waals surface area contributed by atoms with Crippen LogP contribution in [0.25, 0.3) is 5.76 Å². The summed E-state index contributed by atoms with van der Waals surface area (Å²) < 4.78 is 0. The molecule has 3 aliphatic carbocycles. The average Bonchev–Trinajstić information content (AvgIpc) is 2.86. The lowest BCUT2D eigenvalue weighted by Crippen LogP contribution is -2.70. The molecule has 0 bridgehead atoms. The predicted octanol–water partition coefficient (Wildman–Crippen LogP) is 1.25. The SMILES string of the molecule is CC(C)CCC(c1ccc2c(c1O)C(O)=C1C(=O)[C@]3(O)C(O)=C(C(N)=O)C(=O)[C@@H](N(C)C)[C@@H]3[C@@H](O)[C@@H]1[C@H]2C)[N+](=O)[O-]. The van der Waals surface area contributed by atoms with Crippen molar-refractivity contribution < 1.29 is 44.8 Å². The molecule has 1 aromatic rings. The van der Waals surface area contributed by atoms with Crippen molar-refractivity contribution in [3.05, 3.63) is 55.8 Å². The molecule has 222 valence electrons. The first kappa shape index (κ1) is 30.2. The van der Waals surface area contributed by atoms with E-state index in [1.165, 1.54) is 31.1 Å². The number of amides is 1. The Labute approximate surface area is 235 Å². The van der Waals surface area contributed by atoms with Crippen LogP contribution >= 0.6 is 0 Å². The number of ketones is 2. The Balaban J connectivity index is 1.98. The second kappa shape index (κ2) is 10.2. The van der Waals surface area contributed by atoms with E-state index in [1.54, 1.807) is 6.92 Å². The number of fused-ring (bicyclic) bond motifs is 3. The van der Waals surface area contributed by atoms with Crippen LogP contribution in [-0.4, -0.2) is 84.7 Å². The third-order valence-corrected chi connectivity index (χ3v) is 8.79. The number of likely N-dealkylation sites (N-methyl/N-ethyl adjacent to an activating group) is 1. The van der Waals surface area contributed by atoms with Crippen LogP contribution in [0.5, 0.6) is 5.75 Å². The first-order valence-corrected chi connectivity index (χ1v) is 13.3. The highest BCUT2D eigenvalue weighted by atomic mass is 16.6. The number of nitrogens with two attached hydrogens (primary N) is 1. The van der Waals surface area contributed by atoms with Gasteiger partial charge in [0.15, 0.2) is 11.4 Å². The second-order valence-corrected chi connectivity index (χ2v) is 11.8. The lowest BCUT2D eigenvalue weighted by Gasteiger charge is -2.53. The van der Waals surface area contributed by atoms with Crippen LogP contribution in [0, 0.1) is 27.9 Å². The van der Waals surface area contributed by atoms with Gasteiger partial charge in [-0.15, -0.1) is 0 Å². The lowest BCUT2D eigenvalue weighted by atomic mass is 9.54. The largest absolute Gasteiger partial charge is 0.508 e. The number of rotatable bonds is 7. The molecule has 0 spiro atoms. The van der Waals surface area contributed by atoms with E-state index in [4.69, 9.17) is 5.73 Å². The highest BCUT2D eigenvalue weighted by Gasteiger charge is 2.68. The molecular formula is C28H35N3O10. The van der Waals surface area contributed by atoms with Crippen molar-refractivity contribution in [3.8, 4) is 5.75 Å². The molecule has 0 saturated heterocycles. The molecular weight excluding hydrogens is 538 g/mol. The molecule has 1 amide bonds. The van der Waals surface area contributed by atoms with E-state index in [2.05, 4.69) is 0 Å². The molecule has 1 aromatic carbocycles. The van der Waals surface area contributed by atoms with Crippen LogP contribution in [0.2, 0.25) is 0 Å². The number of Topliss-reactive ketones (excluding diaryl/α,β-unsaturated/α-hetero) is 2. The summed E-state index contributed by atoms with van der Waals surface area (Å²) in [7, 11) is 2.85. The molecule has 13 nitrogen and oxygen atoms in total. The highest BCUT2D eigenvalue weighted by Crippen LogP contribution is 2.56. The van der Waals surface area contributed by atoms with Crippen molar-refractivity contribution in [1.29, 1.82) is 0 Å². The van der Waals surface area contributed by atoms with Gasteiger partial charge in [-0.3, -0.25) is 29.4 Å². The van der Waals surface area contributed by atoms with E-state index < -0.39 is 92.4 Å². The minimum absolute atomic E-state index is 0.0812. The fourth-order valence-corrected chi connectivity index (χ4v) is 6.77. The fourth-order valence-electron chi connectivity index (χ4n) is 6.77. The number of nitro groups is 1. The summed E-state index contributed by atoms with van der Waals surface area (Å²) in [4.78, 5) is 52.1. The van der Waals surface area contributed by atoms with Gasteiger partial charge in [0, 0.05) is 22.8 Å². The van der Waals surface area contributed by atoms with Gasteiger partial charge in [0.1, 0.15) is 22.8 Å². The Bertz CT molecular complexity index is 1410. The van der Waals surface area contributed by atoms with Crippen LogP contribution in [0.1, 0.15) is 62.3 Å². The number of primary amides is 1. The van der Waals surface area contributed by atoms with Gasteiger partial charge in [-0.05, 0) is 44.0 Å². The fraction of sp³-hybridized carbons (Fsp3) is 0.536. The number of hydrogen-bond donors (Lipinski definition) is 6. The Morgan fingerprint density at radius 1 is 1.17 bits per heavy atom. The molecule has 0 aromatic heterocycles. The maximum Gasteiger partial charge on any atom is 0.255 e. The summed E-state index contributed by atoms with van der Waals surface area (Å²) in [5, 5.41) is 69.0. The van der Waals surface area contributed by atoms with Crippen LogP contribution in [0.4, 0.5) is 0 Å². The zero-order valence-electron chi connectivity index (χ0n) is 23.4. The number of aliphatic hydroxyl groups is 4. The summed E-state index contributed by atoms with van der Waals surface area (Å²) in [6.45, 7) is 5.39. The molecule has 0 heterocycles. The third-order valence-electron chi connectivity index (χ3n) is 8.79. The van der Waals surface area contributed by atoms with Crippen molar-refractivity contribution in [1.82, 2.24) is 4.90 Å². The van der Waals surface area contributed by atoms with E-state index in [0.717, 1.165) is 0 Å². The molecule has 7 N–H and O–H groups in total. The van der Waals surface area contributed by atoms with Gasteiger partial charge in [-0.25, -0.2) is 0 Å². The maximum atomic E-state index is 14.1. The molecule has 13 heteroatoms. The number of benzene rings is 1. The Morgan fingerprint density at radius 3 is 2.29 bits per heavy atom. The average molecular weight is 574 g/mol. The smallest absolute Gasteiger partial charge is 0.255 e. The van der Waals surface area contributed by atoms with Gasteiger partial charge < -0.3 is 31.3 Å². The second-order valence-electron chi connectivity index (χ2n) is 11.8. The minimum Gasteiger partial charge on any atom is -0.508 e. The Hall–Kier alpha value is -3.81. The van der Waals surface area contributed by atoms with Gasteiger partial charge in [-0.1, -0.05) is 26.8 Å². The first-order valence-electron chi connectivity index (χ1n) is 13.3. The van der Waals surface area contributed by atoms with E-state index in [-0.39, 0.29) is 29.0 Å². The number of aliphatic hydroxyl groups excluding tert-OH is 3. The number of phenolic OH excluding ortho intramolecular Hbond substituents is 1. The number of aromatic hydroxyl groups is 1. The Kier molecular flexibility index (Phi) is 7.52. The van der Waals surface area contributed by atoms with Crippen LogP contribution in [0.15, 0.2) is 29.0 Å². The summed E-state index contributed by atoms with van der Waals surface area (Å²) in [6, 6.07) is 0.0893. The zero-order valence-corrected chi connectivity index (χ0v) is 23.4. The standard InChI is InChI=1S/C28H35N3O10/c1-10(2)6-9-14(31(40)41)13-8-7-12-11(3)15-17(22(33)16(12)21(13)32)25(36)28(39)19(23(15)34)20(30(4)5)24(35)18(26(28)37)27(29)38/h7-8,10-11,14-15,19-20,23,32-34,37,39H,6,9H2,1-5H3,(H2,29,38)/t11-,14?,15+,19+,20-,23-,28-/m0/s1. The number of carbonyl (C=O) groups excluding carboxylic acids is 3.